The summed E-state index contributed by atoms with van der Waals surface area (Å²) in [5.41, 5.74) is 0. The summed E-state index contributed by atoms with van der Waals surface area (Å²) in [5.74, 6) is -3.78. The number of hydrogen-bond acceptors (Lipinski definition) is 8. The van der Waals surface area contributed by atoms with Crippen LogP contribution in [0.1, 0.15) is 0 Å². The van der Waals surface area contributed by atoms with Crippen LogP contribution in [0.5, 0.6) is 0 Å². The fourth-order valence-electron chi connectivity index (χ4n) is 1.62. The molecule has 5 atom stereocenters. The first-order valence-corrected chi connectivity index (χ1v) is 6.10. The fourth-order valence-corrected chi connectivity index (χ4v) is 1.68. The normalized spacial score (nSPS) is 33.7. The summed E-state index contributed by atoms with van der Waals surface area (Å²) in [6.07, 6.45) is -8.08. The first kappa shape index (κ1) is 18.0. The topological polar surface area (TPSA) is 174 Å². The number of alkyl halides is 1. The van der Waals surface area contributed by atoms with Crippen LogP contribution >= 0.6 is 11.6 Å². The zero-order chi connectivity index (χ0) is 16.4. The van der Waals surface area contributed by atoms with Crippen LogP contribution in [-0.4, -0.2) is 91.4 Å². The molecule has 0 radical (unpaired) electrons. The Hall–Kier alpha value is -1.01. The molecule has 1 rings (SSSR count). The Morgan fingerprint density at radius 2 is 1.62 bits per heavy atom. The Bertz CT molecular complexity index is 385. The van der Waals surface area contributed by atoms with Gasteiger partial charge in [0.15, 0.2) is 6.29 Å². The van der Waals surface area contributed by atoms with Gasteiger partial charge in [-0.05, 0) is 0 Å². The number of hydrogen-bond donors (Lipinski definition) is 6. The van der Waals surface area contributed by atoms with E-state index in [0.29, 0.717) is 0 Å². The lowest BCUT2D eigenvalue weighted by Gasteiger charge is -2.40. The maximum atomic E-state index is 10.8. The lowest BCUT2D eigenvalue weighted by molar-refractivity contribution is -0.302. The maximum Gasteiger partial charge on any atom is 0.338 e. The highest BCUT2D eigenvalue weighted by Crippen LogP contribution is 2.24. The lowest BCUT2D eigenvalue weighted by Crippen LogP contribution is -2.60. The van der Waals surface area contributed by atoms with Gasteiger partial charge in [-0.25, -0.2) is 9.59 Å². The summed E-state index contributed by atoms with van der Waals surface area (Å²) in [7, 11) is 0. The number of aliphatic hydroxyl groups is 4. The molecule has 1 saturated heterocycles. The molecule has 1 aliphatic heterocycles. The van der Waals surface area contributed by atoms with Crippen LogP contribution in [0.2, 0.25) is 0 Å². The Labute approximate surface area is 123 Å². The summed E-state index contributed by atoms with van der Waals surface area (Å²) in [6, 6.07) is 0. The van der Waals surface area contributed by atoms with E-state index in [-0.39, 0.29) is 0 Å². The second-order valence-electron chi connectivity index (χ2n) is 4.42. The lowest BCUT2D eigenvalue weighted by atomic mass is 9.99. The third-order valence-corrected chi connectivity index (χ3v) is 3.41. The third-order valence-electron chi connectivity index (χ3n) is 2.97. The Balaban J connectivity index is 2.77. The molecule has 0 aromatic rings. The van der Waals surface area contributed by atoms with Gasteiger partial charge >= 0.3 is 11.9 Å². The van der Waals surface area contributed by atoms with Gasteiger partial charge in [0.05, 0.1) is 13.2 Å². The maximum absolute atomic E-state index is 10.8. The molecule has 11 heteroatoms. The standard InChI is InChI=1S/C10H15ClO10/c11-10(8(16)17,9(18)19)2-20-7-6(15)5(14)4(13)3(1-12)21-7/h3-7,12-15H,1-2H2,(H,16,17)(H,18,19)/t3-,4-,5+,6-,7+/m1/s1. The molecule has 1 heterocycles. The second kappa shape index (κ2) is 6.83. The monoisotopic (exact) mass is 330 g/mol. The highest BCUT2D eigenvalue weighted by Gasteiger charge is 2.49. The second-order valence-corrected chi connectivity index (χ2v) is 5.06. The summed E-state index contributed by atoms with van der Waals surface area (Å²) in [5, 5.41) is 55.1. The van der Waals surface area contributed by atoms with E-state index in [9.17, 15) is 24.9 Å². The predicted molar refractivity (Wildman–Crippen MR) is 63.6 cm³/mol. The molecule has 6 N–H and O–H groups in total. The molecule has 0 aliphatic carbocycles. The molecule has 0 bridgehead atoms. The zero-order valence-electron chi connectivity index (χ0n) is 10.5. The van der Waals surface area contributed by atoms with Crippen molar-refractivity contribution in [3.05, 3.63) is 0 Å². The highest BCUT2D eigenvalue weighted by atomic mass is 35.5. The van der Waals surface area contributed by atoms with Gasteiger partial charge in [0.1, 0.15) is 24.4 Å². The molecular formula is C10H15ClO10. The summed E-state index contributed by atoms with van der Waals surface area (Å²) >= 11 is 5.39. The largest absolute Gasteiger partial charge is 0.479 e. The van der Waals surface area contributed by atoms with Gasteiger partial charge in [0.25, 0.3) is 4.87 Å². The number of ether oxygens (including phenoxy) is 2. The number of aliphatic hydroxyl groups excluding tert-OH is 4. The highest BCUT2D eigenvalue weighted by molar-refractivity contribution is 6.44. The van der Waals surface area contributed by atoms with Crippen molar-refractivity contribution in [2.75, 3.05) is 13.2 Å². The average molecular weight is 331 g/mol. The SMILES string of the molecule is O=C(O)C(Cl)(CO[C@H]1O[C@H](CO)[C@@H](O)[C@H](O)[C@H]1O)C(=O)O. The molecular weight excluding hydrogens is 316 g/mol. The van der Waals surface area contributed by atoms with Gasteiger partial charge in [0, 0.05) is 0 Å². The van der Waals surface area contributed by atoms with Gasteiger partial charge in [0.2, 0.25) is 0 Å². The van der Waals surface area contributed by atoms with Crippen molar-refractivity contribution in [1.29, 1.82) is 0 Å². The van der Waals surface area contributed by atoms with Crippen LogP contribution in [-0.2, 0) is 19.1 Å². The molecule has 0 aromatic carbocycles. The van der Waals surface area contributed by atoms with Gasteiger partial charge in [-0.3, -0.25) is 0 Å². The molecule has 10 nitrogen and oxygen atoms in total. The van der Waals surface area contributed by atoms with Crippen molar-refractivity contribution in [3.8, 4) is 0 Å². The van der Waals surface area contributed by atoms with Crippen LogP contribution in [0.25, 0.3) is 0 Å². The van der Waals surface area contributed by atoms with E-state index in [2.05, 4.69) is 0 Å². The minimum absolute atomic E-state index is 0.714. The van der Waals surface area contributed by atoms with Gasteiger partial charge < -0.3 is 40.1 Å². The average Bonchev–Trinajstić information content (AvgIpc) is 2.43. The quantitative estimate of drug-likeness (QED) is 0.217. The van der Waals surface area contributed by atoms with E-state index >= 15 is 0 Å². The first-order chi connectivity index (χ1) is 9.65. The van der Waals surface area contributed by atoms with Crippen LogP contribution in [0.3, 0.4) is 0 Å². The number of carboxylic acid groups (broad SMARTS) is 2. The molecule has 0 unspecified atom stereocenters. The van der Waals surface area contributed by atoms with Crippen LogP contribution in [0.15, 0.2) is 0 Å². The van der Waals surface area contributed by atoms with Crippen LogP contribution in [0.4, 0.5) is 0 Å². The van der Waals surface area contributed by atoms with E-state index < -0.39 is 60.7 Å². The fraction of sp³-hybridized carbons (Fsp3) is 0.800. The van der Waals surface area contributed by atoms with Gasteiger partial charge in [-0.15, -0.1) is 0 Å². The van der Waals surface area contributed by atoms with Crippen molar-refractivity contribution < 1.29 is 49.7 Å². The number of aliphatic carboxylic acids is 2. The molecule has 0 spiro atoms. The number of rotatable bonds is 6. The van der Waals surface area contributed by atoms with E-state index in [4.69, 9.17) is 36.4 Å². The zero-order valence-corrected chi connectivity index (χ0v) is 11.3. The van der Waals surface area contributed by atoms with E-state index in [1.54, 1.807) is 0 Å². The summed E-state index contributed by atoms with van der Waals surface area (Å²) in [4.78, 5) is 18.8. The van der Waals surface area contributed by atoms with Crippen molar-refractivity contribution in [2.45, 2.75) is 35.6 Å². The van der Waals surface area contributed by atoms with E-state index in [1.807, 2.05) is 0 Å². The predicted octanol–water partition coefficient (Wildman–Crippen LogP) is -3.05. The Kier molecular flexibility index (Phi) is 5.87. The van der Waals surface area contributed by atoms with Crippen LogP contribution in [0, 0.1) is 0 Å². The van der Waals surface area contributed by atoms with E-state index in [1.165, 1.54) is 0 Å². The van der Waals surface area contributed by atoms with Crippen molar-refractivity contribution in [2.24, 2.45) is 0 Å². The molecule has 122 valence electrons. The van der Waals surface area contributed by atoms with Gasteiger partial charge in [-0.2, -0.15) is 0 Å². The molecule has 0 amide bonds. The minimum Gasteiger partial charge on any atom is -0.479 e. The summed E-state index contributed by atoms with van der Waals surface area (Å²) in [6.45, 7) is -1.80. The first-order valence-electron chi connectivity index (χ1n) is 5.73. The Morgan fingerprint density at radius 1 is 1.10 bits per heavy atom. The van der Waals surface area contributed by atoms with E-state index in [0.717, 1.165) is 0 Å². The van der Waals surface area contributed by atoms with Crippen molar-refractivity contribution >= 4 is 23.5 Å². The number of carboxylic acids is 2. The molecule has 0 saturated carbocycles. The smallest absolute Gasteiger partial charge is 0.338 e. The Morgan fingerprint density at radius 3 is 2.05 bits per heavy atom. The molecule has 21 heavy (non-hydrogen) atoms. The van der Waals surface area contributed by atoms with Crippen molar-refractivity contribution in [3.63, 3.8) is 0 Å². The van der Waals surface area contributed by atoms with Crippen molar-refractivity contribution in [1.82, 2.24) is 0 Å². The number of carbonyl (C=O) groups is 2. The molecule has 1 aliphatic rings. The van der Waals surface area contributed by atoms with Gasteiger partial charge in [-0.1, -0.05) is 11.6 Å². The number of halogens is 1. The molecule has 1 fully saturated rings. The summed E-state index contributed by atoms with van der Waals surface area (Å²) < 4.78 is 9.69. The third kappa shape index (κ3) is 3.61. The minimum atomic E-state index is -2.81. The molecule has 0 aromatic heterocycles. The van der Waals surface area contributed by atoms with Crippen LogP contribution < -0.4 is 0 Å².